The number of hydrogen-bond acceptors (Lipinski definition) is 1. The second-order valence-electron chi connectivity index (χ2n) is 9.20. The molecular formula is C16H42N4PSi3Ta-2. The van der Waals surface area contributed by atoms with Crippen LogP contribution in [0, 0.1) is 0 Å². The van der Waals surface area contributed by atoms with Crippen LogP contribution in [-0.2, 0) is 19.8 Å². The summed E-state index contributed by atoms with van der Waals surface area (Å²) in [5, 5.41) is 0. The van der Waals surface area contributed by atoms with Gasteiger partial charge in [0.05, 0.1) is 0 Å². The van der Waals surface area contributed by atoms with Crippen molar-refractivity contribution in [2.24, 2.45) is 0 Å². The first-order chi connectivity index (χ1) is 11.2. The van der Waals surface area contributed by atoms with Crippen molar-refractivity contribution < 1.29 is 19.8 Å². The summed E-state index contributed by atoms with van der Waals surface area (Å²) in [6, 6.07) is 0. The summed E-state index contributed by atoms with van der Waals surface area (Å²) >= 11 is 1.49. The molecule has 0 aliphatic rings. The quantitative estimate of drug-likeness (QED) is 0.206. The van der Waals surface area contributed by atoms with Crippen LogP contribution in [-0.4, -0.2) is 75.5 Å². The second-order valence-corrected chi connectivity index (χ2v) is 27.9. The van der Waals surface area contributed by atoms with Crippen molar-refractivity contribution in [1.29, 1.82) is 0 Å². The summed E-state index contributed by atoms with van der Waals surface area (Å²) in [5.41, 5.74) is 0. The third-order valence-corrected chi connectivity index (χ3v) is 6.52. The summed E-state index contributed by atoms with van der Waals surface area (Å²) in [4.78, 5) is 17.1. The van der Waals surface area contributed by atoms with Gasteiger partial charge in [-0.15, -0.1) is 19.6 Å². The summed E-state index contributed by atoms with van der Waals surface area (Å²) in [5.74, 6) is 1.53. The van der Waals surface area contributed by atoms with Crippen LogP contribution in [0.5, 0.6) is 0 Å². The van der Waals surface area contributed by atoms with E-state index in [9.17, 15) is 0 Å². The van der Waals surface area contributed by atoms with Gasteiger partial charge in [0.25, 0.3) is 0 Å². The van der Waals surface area contributed by atoms with Gasteiger partial charge in [0.2, 0.25) is 0 Å². The van der Waals surface area contributed by atoms with Crippen LogP contribution in [0.3, 0.4) is 0 Å². The summed E-state index contributed by atoms with van der Waals surface area (Å²) in [6.45, 7) is 29.0. The standard InChI is InChI=1S/C15H39N4Si3.CH3P.Ta/c1-20(2,3)16-10-13-19(14-11-17-21(4,5)6)15-12-18-22(7,8)9;1-2;/h10-15H2,1-9H3;1H3;/q-3;+1;. The number of nitrogens with zero attached hydrogens (tertiary/aromatic N) is 4. The maximum absolute atomic E-state index is 4.86. The fourth-order valence-electron chi connectivity index (χ4n) is 1.92. The molecule has 0 saturated carbocycles. The maximum Gasteiger partial charge on any atom is -0.0210 e. The summed E-state index contributed by atoms with van der Waals surface area (Å²) in [6.07, 6.45) is 0. The van der Waals surface area contributed by atoms with Gasteiger partial charge in [-0.2, -0.15) is 0 Å². The van der Waals surface area contributed by atoms with E-state index in [4.69, 9.17) is 14.9 Å². The van der Waals surface area contributed by atoms with Gasteiger partial charge in [-0.05, 0) is 19.6 Å². The molecule has 0 radical (unpaired) electrons. The Labute approximate surface area is 174 Å². The van der Waals surface area contributed by atoms with Crippen molar-refractivity contribution in [2.45, 2.75) is 58.9 Å². The molecule has 150 valence electrons. The van der Waals surface area contributed by atoms with Crippen LogP contribution in [0.15, 0.2) is 0 Å². The molecule has 0 atom stereocenters. The van der Waals surface area contributed by atoms with E-state index < -0.39 is 24.7 Å². The summed E-state index contributed by atoms with van der Waals surface area (Å²) < 4.78 is 0. The molecule has 4 nitrogen and oxygen atoms in total. The van der Waals surface area contributed by atoms with Crippen LogP contribution < -0.4 is 0 Å². The molecule has 0 aliphatic heterocycles. The van der Waals surface area contributed by atoms with Crippen molar-refractivity contribution in [2.75, 3.05) is 45.9 Å². The molecule has 0 aliphatic carbocycles. The molecule has 0 spiro atoms. The van der Waals surface area contributed by atoms with Crippen LogP contribution in [0.25, 0.3) is 14.9 Å². The van der Waals surface area contributed by atoms with Gasteiger partial charge in [0, 0.05) is 0 Å². The summed E-state index contributed by atoms with van der Waals surface area (Å²) in [7, 11) is -3.84. The Kier molecular flexibility index (Phi) is 16.9. The smallest absolute Gasteiger partial charge is 0.0210 e. The third-order valence-electron chi connectivity index (χ3n) is 3.01. The molecule has 0 bridgehead atoms. The van der Waals surface area contributed by atoms with Crippen molar-refractivity contribution in [3.8, 4) is 0 Å². The molecule has 0 saturated heterocycles. The third kappa shape index (κ3) is 28.0. The zero-order valence-corrected chi connectivity index (χ0v) is 25.5. The minimum absolute atomic E-state index is 0.968. The van der Waals surface area contributed by atoms with Crippen molar-refractivity contribution in [1.82, 2.24) is 4.90 Å². The molecule has 0 aromatic rings. The molecule has 0 aromatic carbocycles. The Bertz CT molecular complexity index is 326. The molecule has 9 heteroatoms. The van der Waals surface area contributed by atoms with E-state index in [-0.39, 0.29) is 0 Å². The van der Waals surface area contributed by atoms with Gasteiger partial charge in [-0.1, -0.05) is 83.6 Å². The second kappa shape index (κ2) is 14.6. The van der Waals surface area contributed by atoms with E-state index in [0.29, 0.717) is 0 Å². The molecule has 0 amide bonds. The predicted molar refractivity (Wildman–Crippen MR) is 124 cm³/mol. The van der Waals surface area contributed by atoms with Gasteiger partial charge < -0.3 is 19.8 Å². The molecule has 0 rings (SSSR count). The molecule has 0 fully saturated rings. The van der Waals surface area contributed by atoms with E-state index in [1.54, 1.807) is 0 Å². The first-order valence-corrected chi connectivity index (χ1v) is 25.2. The molecule has 0 N–H and O–H groups in total. The number of rotatable bonds is 12. The minimum atomic E-state index is -1.28. The van der Waals surface area contributed by atoms with E-state index in [0.717, 1.165) is 39.3 Å². The zero-order valence-electron chi connectivity index (χ0n) is 18.4. The fourth-order valence-corrected chi connectivity index (χ4v) is 4.23. The fraction of sp³-hybridized carbons (Fsp3) is 1.00. The van der Waals surface area contributed by atoms with Crippen molar-refractivity contribution >= 4 is 30.5 Å². The zero-order chi connectivity index (χ0) is 20.1. The average Bonchev–Trinajstić information content (AvgIpc) is 2.34. The Morgan fingerprint density at radius 3 is 1.00 bits per heavy atom. The van der Waals surface area contributed by atoms with E-state index >= 15 is 0 Å². The van der Waals surface area contributed by atoms with Gasteiger partial charge in [-0.3, -0.25) is 0 Å². The van der Waals surface area contributed by atoms with E-state index in [1.807, 2.05) is 0 Å². The van der Waals surface area contributed by atoms with Crippen molar-refractivity contribution in [3.05, 3.63) is 14.9 Å². The number of hydrogen-bond donors (Lipinski definition) is 0. The largest absolute Gasteiger partial charge is 0.664 e. The van der Waals surface area contributed by atoms with Crippen LogP contribution in [0.1, 0.15) is 0 Å². The molecule has 0 unspecified atom stereocenters. The molecule has 25 heavy (non-hydrogen) atoms. The van der Waals surface area contributed by atoms with Gasteiger partial charge in [0.1, 0.15) is 0 Å². The SMILES string of the molecule is C[P+]#[Ta].C[Si](C)(C)[N-]CCN(CC[N-][Si](C)(C)C)CC[N-][Si](C)(C)C. The maximum atomic E-state index is 4.86. The monoisotopic (exact) mass is 586 g/mol. The van der Waals surface area contributed by atoms with Crippen LogP contribution >= 0.6 is 5.79 Å². The van der Waals surface area contributed by atoms with Crippen LogP contribution in [0.2, 0.25) is 58.9 Å². The first-order valence-electron chi connectivity index (χ1n) is 9.22. The Morgan fingerprint density at radius 2 is 0.840 bits per heavy atom. The van der Waals surface area contributed by atoms with E-state index in [2.05, 4.69) is 70.5 Å². The van der Waals surface area contributed by atoms with E-state index in [1.165, 1.54) is 25.6 Å². The average molecular weight is 587 g/mol. The Balaban J connectivity index is 0. The first kappa shape index (κ1) is 28.9. The molecule has 0 aromatic heterocycles. The van der Waals surface area contributed by atoms with Crippen LogP contribution in [0.4, 0.5) is 0 Å². The molecule has 0 heterocycles. The minimum Gasteiger partial charge on any atom is -0.664 e. The Hall–Kier alpha value is 1.66. The van der Waals surface area contributed by atoms with Gasteiger partial charge in [0.15, 0.2) is 0 Å². The Morgan fingerprint density at radius 1 is 0.640 bits per heavy atom. The molecular weight excluding hydrogens is 544 g/mol. The topological polar surface area (TPSA) is 45.5 Å². The van der Waals surface area contributed by atoms with Gasteiger partial charge >= 0.3 is 32.3 Å². The predicted octanol–water partition coefficient (Wildman–Crippen LogP) is 5.94. The van der Waals surface area contributed by atoms with Crippen molar-refractivity contribution in [3.63, 3.8) is 0 Å². The van der Waals surface area contributed by atoms with Gasteiger partial charge in [-0.25, -0.2) is 0 Å². The normalized spacial score (nSPS) is 12.7.